The van der Waals surface area contributed by atoms with Crippen LogP contribution in [-0.4, -0.2) is 32.6 Å². The maximum Gasteiger partial charge on any atom is 0.237 e. The zero-order chi connectivity index (χ0) is 13.9. The number of nitrogens with zero attached hydrogens (tertiary/aromatic N) is 4. The topological polar surface area (TPSA) is 101 Å². The van der Waals surface area contributed by atoms with Crippen LogP contribution in [-0.2, 0) is 4.79 Å². The summed E-state index contributed by atoms with van der Waals surface area (Å²) in [7, 11) is 0. The second-order valence-corrected chi connectivity index (χ2v) is 4.23. The SMILES string of the molecule is NC(=O)CN(c1ccccc1)c1ncc2cn[nH]c2n1. The number of hydrogen-bond acceptors (Lipinski definition) is 5. The van der Waals surface area contributed by atoms with Crippen LogP contribution in [0.5, 0.6) is 0 Å². The monoisotopic (exact) mass is 268 g/mol. The van der Waals surface area contributed by atoms with Crippen molar-refractivity contribution in [3.05, 3.63) is 42.7 Å². The Kier molecular flexibility index (Phi) is 3.00. The van der Waals surface area contributed by atoms with E-state index in [1.54, 1.807) is 17.3 Å². The molecule has 20 heavy (non-hydrogen) atoms. The van der Waals surface area contributed by atoms with Gasteiger partial charge >= 0.3 is 0 Å². The number of fused-ring (bicyclic) bond motifs is 1. The molecule has 0 bridgehead atoms. The normalized spacial score (nSPS) is 10.6. The van der Waals surface area contributed by atoms with Crippen molar-refractivity contribution in [2.45, 2.75) is 0 Å². The largest absolute Gasteiger partial charge is 0.368 e. The molecule has 1 amide bonds. The highest BCUT2D eigenvalue weighted by Gasteiger charge is 2.15. The highest BCUT2D eigenvalue weighted by atomic mass is 16.1. The van der Waals surface area contributed by atoms with Crippen molar-refractivity contribution in [2.24, 2.45) is 5.73 Å². The number of nitrogens with two attached hydrogens (primary N) is 1. The van der Waals surface area contributed by atoms with Gasteiger partial charge in [-0.25, -0.2) is 4.98 Å². The van der Waals surface area contributed by atoms with E-state index in [0.717, 1.165) is 11.1 Å². The summed E-state index contributed by atoms with van der Waals surface area (Å²) in [5, 5.41) is 7.48. The number of anilines is 2. The Labute approximate surface area is 114 Å². The van der Waals surface area contributed by atoms with Crippen LogP contribution in [0.3, 0.4) is 0 Å². The van der Waals surface area contributed by atoms with Crippen LogP contribution in [0.15, 0.2) is 42.7 Å². The Balaban J connectivity index is 2.06. The quantitative estimate of drug-likeness (QED) is 0.734. The first-order valence-electron chi connectivity index (χ1n) is 6.01. The molecule has 100 valence electrons. The highest BCUT2D eigenvalue weighted by Crippen LogP contribution is 2.22. The molecule has 3 rings (SSSR count). The van der Waals surface area contributed by atoms with Crippen LogP contribution in [0.1, 0.15) is 0 Å². The molecule has 2 aromatic heterocycles. The molecule has 0 unspecified atom stereocenters. The molecule has 0 fully saturated rings. The van der Waals surface area contributed by atoms with Crippen LogP contribution in [0.2, 0.25) is 0 Å². The molecule has 3 aromatic rings. The van der Waals surface area contributed by atoms with Gasteiger partial charge in [0.15, 0.2) is 5.65 Å². The summed E-state index contributed by atoms with van der Waals surface area (Å²) in [6.07, 6.45) is 3.29. The Morgan fingerprint density at radius 2 is 2.05 bits per heavy atom. The van der Waals surface area contributed by atoms with Gasteiger partial charge in [-0.1, -0.05) is 18.2 Å². The fourth-order valence-corrected chi connectivity index (χ4v) is 1.90. The molecule has 1 aromatic carbocycles. The van der Waals surface area contributed by atoms with Crippen molar-refractivity contribution < 1.29 is 4.79 Å². The van der Waals surface area contributed by atoms with Crippen LogP contribution in [0, 0.1) is 0 Å². The minimum absolute atomic E-state index is 0.00363. The third-order valence-corrected chi connectivity index (χ3v) is 2.80. The second kappa shape index (κ2) is 4.96. The number of amides is 1. The molecule has 0 saturated carbocycles. The van der Waals surface area contributed by atoms with Gasteiger partial charge in [0, 0.05) is 11.9 Å². The minimum atomic E-state index is -0.456. The van der Waals surface area contributed by atoms with Gasteiger partial charge in [0.25, 0.3) is 0 Å². The molecule has 7 heteroatoms. The molecule has 7 nitrogen and oxygen atoms in total. The summed E-state index contributed by atoms with van der Waals surface area (Å²) in [6, 6.07) is 9.37. The smallest absolute Gasteiger partial charge is 0.237 e. The van der Waals surface area contributed by atoms with E-state index < -0.39 is 5.91 Å². The zero-order valence-electron chi connectivity index (χ0n) is 10.5. The van der Waals surface area contributed by atoms with Crippen molar-refractivity contribution in [1.82, 2.24) is 20.2 Å². The van der Waals surface area contributed by atoms with E-state index in [1.807, 2.05) is 30.3 Å². The van der Waals surface area contributed by atoms with Crippen LogP contribution in [0.4, 0.5) is 11.6 Å². The van der Waals surface area contributed by atoms with E-state index in [2.05, 4.69) is 20.2 Å². The third-order valence-electron chi connectivity index (χ3n) is 2.80. The number of para-hydroxylation sites is 1. The number of primary amides is 1. The summed E-state index contributed by atoms with van der Waals surface area (Å²) in [4.78, 5) is 21.5. The average molecular weight is 268 g/mol. The van der Waals surface area contributed by atoms with Gasteiger partial charge in [-0.3, -0.25) is 9.89 Å². The summed E-state index contributed by atoms with van der Waals surface area (Å²) in [5.74, 6) is -0.0612. The predicted octanol–water partition coefficient (Wildman–Crippen LogP) is 0.976. The third kappa shape index (κ3) is 2.28. The Hall–Kier alpha value is -2.96. The summed E-state index contributed by atoms with van der Waals surface area (Å²) in [6.45, 7) is 0.00363. The first kappa shape index (κ1) is 12.1. The Bertz CT molecular complexity index is 739. The lowest BCUT2D eigenvalue weighted by atomic mass is 10.3. The molecular formula is C13H12N6O. The lowest BCUT2D eigenvalue weighted by Gasteiger charge is -2.20. The minimum Gasteiger partial charge on any atom is -0.368 e. The first-order valence-corrected chi connectivity index (χ1v) is 6.01. The number of benzene rings is 1. The number of rotatable bonds is 4. The maximum absolute atomic E-state index is 11.3. The molecule has 3 N–H and O–H groups in total. The van der Waals surface area contributed by atoms with E-state index in [-0.39, 0.29) is 6.54 Å². The van der Waals surface area contributed by atoms with E-state index >= 15 is 0 Å². The van der Waals surface area contributed by atoms with E-state index in [0.29, 0.717) is 11.6 Å². The van der Waals surface area contributed by atoms with Crippen LogP contribution < -0.4 is 10.6 Å². The van der Waals surface area contributed by atoms with Gasteiger partial charge in [-0.2, -0.15) is 10.1 Å². The van der Waals surface area contributed by atoms with E-state index in [9.17, 15) is 4.79 Å². The summed E-state index contributed by atoms with van der Waals surface area (Å²) in [5.41, 5.74) is 6.71. The molecule has 2 heterocycles. The molecule has 0 aliphatic rings. The maximum atomic E-state index is 11.3. The number of carbonyl (C=O) groups excluding carboxylic acids is 1. The van der Waals surface area contributed by atoms with Gasteiger partial charge < -0.3 is 10.6 Å². The summed E-state index contributed by atoms with van der Waals surface area (Å²) < 4.78 is 0. The number of nitrogens with one attached hydrogen (secondary N) is 1. The van der Waals surface area contributed by atoms with Crippen LogP contribution in [0.25, 0.3) is 11.0 Å². The Morgan fingerprint density at radius 1 is 1.25 bits per heavy atom. The van der Waals surface area contributed by atoms with Gasteiger partial charge in [0.1, 0.15) is 6.54 Å². The molecule has 0 aliphatic heterocycles. The number of H-pyrrole nitrogens is 1. The first-order chi connectivity index (χ1) is 9.74. The average Bonchev–Trinajstić information content (AvgIpc) is 2.93. The molecular weight excluding hydrogens is 256 g/mol. The molecule has 0 spiro atoms. The lowest BCUT2D eigenvalue weighted by Crippen LogP contribution is -2.31. The lowest BCUT2D eigenvalue weighted by molar-refractivity contribution is -0.116. The zero-order valence-corrected chi connectivity index (χ0v) is 10.5. The number of aromatic nitrogens is 4. The standard InChI is InChI=1S/C13H12N6O/c14-11(20)8-19(10-4-2-1-3-5-10)13-15-6-9-7-16-18-12(9)17-13/h1-7H,8H2,(H2,14,20)(H,15,16,17,18). The van der Waals surface area contributed by atoms with Crippen molar-refractivity contribution in [2.75, 3.05) is 11.4 Å². The number of aromatic amines is 1. The van der Waals surface area contributed by atoms with Gasteiger partial charge in [-0.05, 0) is 12.1 Å². The van der Waals surface area contributed by atoms with Crippen LogP contribution >= 0.6 is 0 Å². The van der Waals surface area contributed by atoms with Gasteiger partial charge in [0.2, 0.25) is 11.9 Å². The second-order valence-electron chi connectivity index (χ2n) is 4.23. The Morgan fingerprint density at radius 3 is 2.80 bits per heavy atom. The number of hydrogen-bond donors (Lipinski definition) is 2. The molecule has 0 radical (unpaired) electrons. The molecule has 0 atom stereocenters. The van der Waals surface area contributed by atoms with E-state index in [4.69, 9.17) is 5.73 Å². The summed E-state index contributed by atoms with van der Waals surface area (Å²) >= 11 is 0. The predicted molar refractivity (Wildman–Crippen MR) is 74.3 cm³/mol. The van der Waals surface area contributed by atoms with Gasteiger partial charge in [0.05, 0.1) is 11.6 Å². The van der Waals surface area contributed by atoms with Crippen molar-refractivity contribution in [3.8, 4) is 0 Å². The van der Waals surface area contributed by atoms with Gasteiger partial charge in [-0.15, -0.1) is 0 Å². The molecule has 0 saturated heterocycles. The fourth-order valence-electron chi connectivity index (χ4n) is 1.90. The van der Waals surface area contributed by atoms with E-state index in [1.165, 1.54) is 0 Å². The number of carbonyl (C=O) groups is 1. The van der Waals surface area contributed by atoms with Crippen molar-refractivity contribution in [3.63, 3.8) is 0 Å². The fraction of sp³-hybridized carbons (Fsp3) is 0.0769. The highest BCUT2D eigenvalue weighted by molar-refractivity contribution is 5.82. The van der Waals surface area contributed by atoms with Crippen molar-refractivity contribution in [1.29, 1.82) is 0 Å². The van der Waals surface area contributed by atoms with Crippen molar-refractivity contribution >= 4 is 28.6 Å². The molecule has 0 aliphatic carbocycles.